The molecule has 2 rings (SSSR count). The van der Waals surface area contributed by atoms with Crippen LogP contribution in [-0.2, 0) is 32.3 Å². The zero-order valence-electron chi connectivity index (χ0n) is 16.9. The molecule has 0 aliphatic carbocycles. The number of methoxy groups -OCH3 is 4. The molecule has 8 heteroatoms. The Morgan fingerprint density at radius 1 is 0.655 bits per heavy atom. The highest BCUT2D eigenvalue weighted by molar-refractivity contribution is 5.91. The van der Waals surface area contributed by atoms with Crippen molar-refractivity contribution in [3.05, 3.63) is 47.5 Å². The van der Waals surface area contributed by atoms with Crippen LogP contribution in [0.1, 0.15) is 17.5 Å². The highest BCUT2D eigenvalue weighted by Crippen LogP contribution is 2.26. The number of benzene rings is 2. The van der Waals surface area contributed by atoms with Crippen LogP contribution in [0, 0.1) is 0 Å². The Labute approximate surface area is 169 Å². The van der Waals surface area contributed by atoms with Gasteiger partial charge in [0.2, 0.25) is 0 Å². The molecule has 0 unspecified atom stereocenters. The van der Waals surface area contributed by atoms with Crippen molar-refractivity contribution >= 4 is 11.9 Å². The molecule has 0 saturated carbocycles. The molecule has 0 atom stereocenters. The van der Waals surface area contributed by atoms with Crippen molar-refractivity contribution in [2.24, 2.45) is 0 Å². The average Bonchev–Trinajstić information content (AvgIpc) is 2.75. The first-order valence-electron chi connectivity index (χ1n) is 8.73. The van der Waals surface area contributed by atoms with Gasteiger partial charge in [0, 0.05) is 11.1 Å². The number of hydrogen-bond acceptors (Lipinski definition) is 8. The zero-order chi connectivity index (χ0) is 21.2. The number of rotatable bonds is 10. The van der Waals surface area contributed by atoms with E-state index in [0.29, 0.717) is 34.1 Å². The quantitative estimate of drug-likeness (QED) is 0.441. The fraction of sp³-hybridized carbons (Fsp3) is 0.333. The van der Waals surface area contributed by atoms with Gasteiger partial charge in [0.1, 0.15) is 42.6 Å². The van der Waals surface area contributed by atoms with Gasteiger partial charge in [0.25, 0.3) is 0 Å². The Morgan fingerprint density at radius 2 is 1.07 bits per heavy atom. The van der Waals surface area contributed by atoms with Crippen molar-refractivity contribution < 1.29 is 38.0 Å². The van der Waals surface area contributed by atoms with Crippen LogP contribution in [0.2, 0.25) is 0 Å². The van der Waals surface area contributed by atoms with Gasteiger partial charge < -0.3 is 28.4 Å². The van der Waals surface area contributed by atoms with Gasteiger partial charge in [0.15, 0.2) is 0 Å². The lowest BCUT2D eigenvalue weighted by atomic mass is 10.2. The van der Waals surface area contributed by atoms with E-state index in [1.165, 1.54) is 28.4 Å². The summed E-state index contributed by atoms with van der Waals surface area (Å²) >= 11 is 0. The number of carbonyl (C=O) groups is 2. The number of hydrogen-bond donors (Lipinski definition) is 0. The normalized spacial score (nSPS) is 10.1. The smallest absolute Gasteiger partial charge is 0.317 e. The second kappa shape index (κ2) is 10.8. The molecule has 8 nitrogen and oxygen atoms in total. The molecule has 2 aromatic carbocycles. The Bertz CT molecular complexity index is 777. The Hall–Kier alpha value is -3.42. The highest BCUT2D eigenvalue weighted by atomic mass is 16.6. The monoisotopic (exact) mass is 404 g/mol. The van der Waals surface area contributed by atoms with Crippen LogP contribution in [0.3, 0.4) is 0 Å². The summed E-state index contributed by atoms with van der Waals surface area (Å²) in [7, 11) is 6.09. The molecule has 0 bridgehead atoms. The van der Waals surface area contributed by atoms with Crippen LogP contribution in [0.5, 0.6) is 23.0 Å². The maximum absolute atomic E-state index is 12.0. The lowest BCUT2D eigenvalue weighted by Crippen LogP contribution is -2.14. The van der Waals surface area contributed by atoms with Crippen molar-refractivity contribution in [3.8, 4) is 23.0 Å². The Morgan fingerprint density at radius 3 is 1.41 bits per heavy atom. The van der Waals surface area contributed by atoms with Gasteiger partial charge in [-0.05, 0) is 36.4 Å². The van der Waals surface area contributed by atoms with E-state index in [0.717, 1.165) is 0 Å². The molecule has 0 heterocycles. The highest BCUT2D eigenvalue weighted by Gasteiger charge is 2.15. The summed E-state index contributed by atoms with van der Waals surface area (Å²) in [5.74, 6) is 0.875. The summed E-state index contributed by atoms with van der Waals surface area (Å²) < 4.78 is 31.1. The lowest BCUT2D eigenvalue weighted by molar-refractivity contribution is -0.156. The van der Waals surface area contributed by atoms with Crippen LogP contribution < -0.4 is 18.9 Å². The van der Waals surface area contributed by atoms with E-state index in [1.54, 1.807) is 36.4 Å². The SMILES string of the molecule is COc1ccc(OC)c(COC(=O)CC(=O)OCc2cc(OC)ccc2OC)c1. The van der Waals surface area contributed by atoms with E-state index in [4.69, 9.17) is 28.4 Å². The van der Waals surface area contributed by atoms with Gasteiger partial charge in [-0.1, -0.05) is 0 Å². The molecular weight excluding hydrogens is 380 g/mol. The largest absolute Gasteiger partial charge is 0.497 e. The third-order valence-electron chi connectivity index (χ3n) is 4.04. The van der Waals surface area contributed by atoms with Crippen molar-refractivity contribution in [3.63, 3.8) is 0 Å². The summed E-state index contributed by atoms with van der Waals surface area (Å²) in [6, 6.07) is 10.3. The van der Waals surface area contributed by atoms with Crippen molar-refractivity contribution in [1.82, 2.24) is 0 Å². The fourth-order valence-electron chi connectivity index (χ4n) is 2.53. The van der Waals surface area contributed by atoms with E-state index in [2.05, 4.69) is 0 Å². The molecule has 2 aromatic rings. The fourth-order valence-corrected chi connectivity index (χ4v) is 2.53. The number of ether oxygens (including phenoxy) is 6. The molecule has 0 N–H and O–H groups in total. The van der Waals surface area contributed by atoms with Crippen molar-refractivity contribution in [2.75, 3.05) is 28.4 Å². The summed E-state index contributed by atoms with van der Waals surface area (Å²) in [4.78, 5) is 24.0. The van der Waals surface area contributed by atoms with Gasteiger partial charge in [-0.25, -0.2) is 0 Å². The second-order valence-electron chi connectivity index (χ2n) is 5.85. The third-order valence-corrected chi connectivity index (χ3v) is 4.04. The summed E-state index contributed by atoms with van der Waals surface area (Å²) in [5.41, 5.74) is 1.24. The van der Waals surface area contributed by atoms with E-state index in [9.17, 15) is 9.59 Å². The molecule has 0 amide bonds. The molecule has 0 saturated heterocycles. The van der Waals surface area contributed by atoms with Gasteiger partial charge in [-0.3, -0.25) is 9.59 Å². The summed E-state index contributed by atoms with van der Waals surface area (Å²) in [6.07, 6.45) is -0.515. The molecular formula is C21H24O8. The minimum atomic E-state index is -0.711. The van der Waals surface area contributed by atoms with E-state index in [1.807, 2.05) is 0 Å². The first kappa shape index (κ1) is 21.9. The molecule has 0 aliphatic heterocycles. The van der Waals surface area contributed by atoms with E-state index < -0.39 is 18.4 Å². The molecule has 156 valence electrons. The average molecular weight is 404 g/mol. The van der Waals surface area contributed by atoms with Crippen LogP contribution in [-0.4, -0.2) is 40.4 Å². The molecule has 0 radical (unpaired) electrons. The molecule has 0 spiro atoms. The first-order chi connectivity index (χ1) is 14.0. The molecule has 0 fully saturated rings. The first-order valence-corrected chi connectivity index (χ1v) is 8.73. The maximum Gasteiger partial charge on any atom is 0.317 e. The van der Waals surface area contributed by atoms with Gasteiger partial charge in [-0.2, -0.15) is 0 Å². The van der Waals surface area contributed by atoms with Crippen molar-refractivity contribution in [1.29, 1.82) is 0 Å². The molecule has 29 heavy (non-hydrogen) atoms. The number of esters is 2. The maximum atomic E-state index is 12.0. The summed E-state index contributed by atoms with van der Waals surface area (Å²) in [5, 5.41) is 0. The lowest BCUT2D eigenvalue weighted by Gasteiger charge is -2.12. The predicted molar refractivity (Wildman–Crippen MR) is 103 cm³/mol. The van der Waals surface area contributed by atoms with Gasteiger partial charge in [-0.15, -0.1) is 0 Å². The third kappa shape index (κ3) is 6.31. The van der Waals surface area contributed by atoms with Crippen LogP contribution >= 0.6 is 0 Å². The van der Waals surface area contributed by atoms with Gasteiger partial charge >= 0.3 is 11.9 Å². The zero-order valence-corrected chi connectivity index (χ0v) is 16.9. The minimum absolute atomic E-state index is 0.0593. The predicted octanol–water partition coefficient (Wildman–Crippen LogP) is 2.90. The summed E-state index contributed by atoms with van der Waals surface area (Å²) in [6.45, 7) is -0.119. The van der Waals surface area contributed by atoms with Crippen LogP contribution in [0.25, 0.3) is 0 Å². The van der Waals surface area contributed by atoms with Crippen LogP contribution in [0.15, 0.2) is 36.4 Å². The van der Waals surface area contributed by atoms with Gasteiger partial charge in [0.05, 0.1) is 28.4 Å². The van der Waals surface area contributed by atoms with E-state index in [-0.39, 0.29) is 13.2 Å². The molecule has 0 aromatic heterocycles. The van der Waals surface area contributed by atoms with Crippen LogP contribution in [0.4, 0.5) is 0 Å². The topological polar surface area (TPSA) is 89.5 Å². The Kier molecular flexibility index (Phi) is 8.14. The number of carbonyl (C=O) groups excluding carboxylic acids is 2. The minimum Gasteiger partial charge on any atom is -0.497 e. The van der Waals surface area contributed by atoms with Crippen molar-refractivity contribution in [2.45, 2.75) is 19.6 Å². The Balaban J connectivity index is 1.88. The molecule has 0 aliphatic rings. The van der Waals surface area contributed by atoms with E-state index >= 15 is 0 Å². The standard InChI is InChI=1S/C21H24O8/c1-24-16-5-7-18(26-3)14(9-16)12-28-20(22)11-21(23)29-13-15-10-17(25-2)6-8-19(15)27-4/h5-10H,11-13H2,1-4H3. The second-order valence-corrected chi connectivity index (χ2v) is 5.85.